The third kappa shape index (κ3) is 2.40. The summed E-state index contributed by atoms with van der Waals surface area (Å²) in [7, 11) is 0. The molecule has 0 aromatic carbocycles. The molecule has 0 amide bonds. The molecular formula is C12H14N4O2. The highest BCUT2D eigenvalue weighted by atomic mass is 16.6. The summed E-state index contributed by atoms with van der Waals surface area (Å²) >= 11 is 0. The van der Waals surface area contributed by atoms with Crippen molar-refractivity contribution >= 4 is 11.5 Å². The van der Waals surface area contributed by atoms with E-state index in [1.165, 1.54) is 12.3 Å². The second kappa shape index (κ2) is 5.00. The summed E-state index contributed by atoms with van der Waals surface area (Å²) in [5, 5.41) is 22.8. The Balaban J connectivity index is 2.27. The van der Waals surface area contributed by atoms with Gasteiger partial charge in [-0.2, -0.15) is 5.26 Å². The van der Waals surface area contributed by atoms with E-state index in [9.17, 15) is 10.1 Å². The number of pyridine rings is 1. The lowest BCUT2D eigenvalue weighted by atomic mass is 10.1. The Morgan fingerprint density at radius 2 is 2.39 bits per heavy atom. The van der Waals surface area contributed by atoms with Crippen LogP contribution in [0.15, 0.2) is 12.3 Å². The average Bonchev–Trinajstić information content (AvgIpc) is 2.75. The number of hydrogen-bond acceptors (Lipinski definition) is 5. The molecule has 6 heteroatoms. The van der Waals surface area contributed by atoms with Crippen LogP contribution in [0, 0.1) is 27.4 Å². The maximum atomic E-state index is 11.0. The molecule has 1 aromatic heterocycles. The van der Waals surface area contributed by atoms with Crippen LogP contribution < -0.4 is 5.32 Å². The fourth-order valence-corrected chi connectivity index (χ4v) is 2.30. The number of hydrogen-bond donors (Lipinski definition) is 1. The minimum absolute atomic E-state index is 0.131. The van der Waals surface area contributed by atoms with Crippen LogP contribution in [-0.2, 0) is 0 Å². The number of nitriles is 1. The normalized spacial score (nSPS) is 22.4. The Hall–Kier alpha value is -2.16. The molecular weight excluding hydrogens is 232 g/mol. The lowest BCUT2D eigenvalue weighted by Gasteiger charge is -2.17. The van der Waals surface area contributed by atoms with Crippen LogP contribution in [0.4, 0.5) is 11.5 Å². The van der Waals surface area contributed by atoms with Crippen molar-refractivity contribution in [1.82, 2.24) is 4.98 Å². The number of nitrogens with one attached hydrogen (secondary N) is 1. The molecule has 1 aliphatic carbocycles. The van der Waals surface area contributed by atoms with Crippen LogP contribution in [0.1, 0.15) is 31.7 Å². The monoisotopic (exact) mass is 246 g/mol. The summed E-state index contributed by atoms with van der Waals surface area (Å²) in [5.41, 5.74) is 0.0693. The molecule has 0 radical (unpaired) electrons. The highest BCUT2D eigenvalue weighted by molar-refractivity contribution is 5.58. The Morgan fingerprint density at radius 3 is 2.94 bits per heavy atom. The molecule has 0 spiro atoms. The second-order valence-corrected chi connectivity index (χ2v) is 4.62. The predicted molar refractivity (Wildman–Crippen MR) is 66.0 cm³/mol. The minimum atomic E-state index is -0.504. The van der Waals surface area contributed by atoms with E-state index >= 15 is 0 Å². The maximum absolute atomic E-state index is 11.0. The van der Waals surface area contributed by atoms with Crippen molar-refractivity contribution in [2.24, 2.45) is 5.92 Å². The summed E-state index contributed by atoms with van der Waals surface area (Å²) in [6.45, 7) is 2.13. The summed E-state index contributed by atoms with van der Waals surface area (Å²) in [6, 6.07) is 3.34. The lowest BCUT2D eigenvalue weighted by Crippen LogP contribution is -2.23. The molecule has 18 heavy (non-hydrogen) atoms. The van der Waals surface area contributed by atoms with E-state index < -0.39 is 4.92 Å². The predicted octanol–water partition coefficient (Wildman–Crippen LogP) is 2.46. The van der Waals surface area contributed by atoms with E-state index in [-0.39, 0.29) is 23.1 Å². The first-order chi connectivity index (χ1) is 8.61. The van der Waals surface area contributed by atoms with Gasteiger partial charge in [-0.1, -0.05) is 13.3 Å². The lowest BCUT2D eigenvalue weighted by molar-refractivity contribution is -0.384. The molecule has 2 rings (SSSR count). The second-order valence-electron chi connectivity index (χ2n) is 4.62. The Bertz CT molecular complexity index is 509. The van der Waals surface area contributed by atoms with Crippen LogP contribution in [0.5, 0.6) is 0 Å². The summed E-state index contributed by atoms with van der Waals surface area (Å²) < 4.78 is 0. The Labute approximate surface area is 105 Å². The van der Waals surface area contributed by atoms with Crippen LogP contribution in [0.2, 0.25) is 0 Å². The first-order valence-corrected chi connectivity index (χ1v) is 5.93. The van der Waals surface area contributed by atoms with Gasteiger partial charge in [-0.05, 0) is 18.8 Å². The fraction of sp³-hybridized carbons (Fsp3) is 0.500. The zero-order valence-corrected chi connectivity index (χ0v) is 10.1. The summed E-state index contributed by atoms with van der Waals surface area (Å²) in [6.07, 6.45) is 4.61. The van der Waals surface area contributed by atoms with Gasteiger partial charge in [0.25, 0.3) is 0 Å². The molecule has 1 fully saturated rings. The van der Waals surface area contributed by atoms with Crippen molar-refractivity contribution in [2.75, 3.05) is 5.32 Å². The first kappa shape index (κ1) is 12.3. The quantitative estimate of drug-likeness (QED) is 0.653. The zero-order chi connectivity index (χ0) is 13.1. The SMILES string of the molecule is CC1CCCC1Nc1ncc(C#N)cc1[N+](=O)[O-]. The molecule has 1 heterocycles. The molecule has 6 nitrogen and oxygen atoms in total. The van der Waals surface area contributed by atoms with E-state index in [0.717, 1.165) is 19.3 Å². The Morgan fingerprint density at radius 1 is 1.61 bits per heavy atom. The molecule has 1 saturated carbocycles. The van der Waals surface area contributed by atoms with Crippen molar-refractivity contribution < 1.29 is 4.92 Å². The van der Waals surface area contributed by atoms with Crippen molar-refractivity contribution in [1.29, 1.82) is 5.26 Å². The van der Waals surface area contributed by atoms with E-state index in [1.54, 1.807) is 0 Å². The molecule has 2 unspecified atom stereocenters. The van der Waals surface area contributed by atoms with E-state index in [1.807, 2.05) is 6.07 Å². The van der Waals surface area contributed by atoms with Crippen molar-refractivity contribution in [3.8, 4) is 6.07 Å². The van der Waals surface area contributed by atoms with Gasteiger partial charge in [0.2, 0.25) is 5.82 Å². The van der Waals surface area contributed by atoms with Gasteiger partial charge in [-0.3, -0.25) is 10.1 Å². The van der Waals surface area contributed by atoms with Crippen molar-refractivity contribution in [3.05, 3.63) is 27.9 Å². The van der Waals surface area contributed by atoms with Crippen molar-refractivity contribution in [3.63, 3.8) is 0 Å². The molecule has 0 bridgehead atoms. The fourth-order valence-electron chi connectivity index (χ4n) is 2.30. The van der Waals surface area contributed by atoms with Crippen molar-refractivity contribution in [2.45, 2.75) is 32.2 Å². The third-order valence-corrected chi connectivity index (χ3v) is 3.38. The molecule has 1 aliphatic rings. The topological polar surface area (TPSA) is 91.8 Å². The number of aromatic nitrogens is 1. The van der Waals surface area contributed by atoms with Crippen LogP contribution in [0.25, 0.3) is 0 Å². The summed E-state index contributed by atoms with van der Waals surface area (Å²) in [4.78, 5) is 14.5. The molecule has 2 atom stereocenters. The molecule has 94 valence electrons. The number of rotatable bonds is 3. The van der Waals surface area contributed by atoms with Gasteiger partial charge in [-0.25, -0.2) is 4.98 Å². The van der Waals surface area contributed by atoms with Gasteiger partial charge in [-0.15, -0.1) is 0 Å². The molecule has 0 saturated heterocycles. The maximum Gasteiger partial charge on any atom is 0.312 e. The zero-order valence-electron chi connectivity index (χ0n) is 10.1. The van der Waals surface area contributed by atoms with Gasteiger partial charge in [0, 0.05) is 18.3 Å². The number of nitrogens with zero attached hydrogens (tertiary/aromatic N) is 3. The Kier molecular flexibility index (Phi) is 3.42. The minimum Gasteiger partial charge on any atom is -0.361 e. The van der Waals surface area contributed by atoms with Crippen LogP contribution in [0.3, 0.4) is 0 Å². The molecule has 1 aromatic rings. The third-order valence-electron chi connectivity index (χ3n) is 3.38. The van der Waals surface area contributed by atoms with E-state index in [4.69, 9.17) is 5.26 Å². The molecule has 1 N–H and O–H groups in total. The first-order valence-electron chi connectivity index (χ1n) is 5.93. The van der Waals surface area contributed by atoms with Crippen LogP contribution in [-0.4, -0.2) is 15.9 Å². The van der Waals surface area contributed by atoms with Crippen LogP contribution >= 0.6 is 0 Å². The van der Waals surface area contributed by atoms with Gasteiger partial charge in [0.05, 0.1) is 10.5 Å². The average molecular weight is 246 g/mol. The standard InChI is InChI=1S/C12H14N4O2/c1-8-3-2-4-10(8)15-12-11(16(17)18)5-9(6-13)7-14-12/h5,7-8,10H,2-4H2,1H3,(H,14,15). The van der Waals surface area contributed by atoms with Gasteiger partial charge < -0.3 is 5.32 Å². The number of nitro groups is 1. The summed E-state index contributed by atoms with van der Waals surface area (Å²) in [5.74, 6) is 0.750. The van der Waals surface area contributed by atoms with Gasteiger partial charge in [0.1, 0.15) is 6.07 Å². The highest BCUT2D eigenvalue weighted by Gasteiger charge is 2.26. The van der Waals surface area contributed by atoms with Gasteiger partial charge in [0.15, 0.2) is 0 Å². The molecule has 0 aliphatic heterocycles. The van der Waals surface area contributed by atoms with E-state index in [2.05, 4.69) is 17.2 Å². The van der Waals surface area contributed by atoms with E-state index in [0.29, 0.717) is 5.92 Å². The largest absolute Gasteiger partial charge is 0.361 e. The van der Waals surface area contributed by atoms with Gasteiger partial charge >= 0.3 is 5.69 Å². The number of anilines is 1. The smallest absolute Gasteiger partial charge is 0.312 e. The highest BCUT2D eigenvalue weighted by Crippen LogP contribution is 2.30.